The van der Waals surface area contributed by atoms with Crippen molar-refractivity contribution in [1.29, 1.82) is 0 Å². The Balaban J connectivity index is 1.37. The maximum Gasteiger partial charge on any atom is 0.351 e. The van der Waals surface area contributed by atoms with Gasteiger partial charge in [-0.15, -0.1) is 0 Å². The van der Waals surface area contributed by atoms with Gasteiger partial charge in [0.05, 0.1) is 26.9 Å². The van der Waals surface area contributed by atoms with Crippen LogP contribution in [-0.4, -0.2) is 50.9 Å². The Labute approximate surface area is 329 Å². The molecule has 0 aliphatic carbocycles. The number of rotatable bonds is 13. The molecule has 0 amide bonds. The van der Waals surface area contributed by atoms with E-state index in [2.05, 4.69) is 86.4 Å². The fourth-order valence-electron chi connectivity index (χ4n) is 7.99. The van der Waals surface area contributed by atoms with Crippen LogP contribution >= 0.6 is 0 Å². The minimum absolute atomic E-state index is 0.115. The molecule has 10 heteroatoms. The summed E-state index contributed by atoms with van der Waals surface area (Å²) in [6, 6.07) is 48.7. The van der Waals surface area contributed by atoms with Crippen LogP contribution < -0.4 is 31.3 Å². The number of hydrogen-bond donors (Lipinski definition) is 1. The van der Waals surface area contributed by atoms with Gasteiger partial charge in [0.25, 0.3) is 8.32 Å². The Morgan fingerprint density at radius 3 is 1.66 bits per heavy atom. The van der Waals surface area contributed by atoms with E-state index in [1.54, 1.807) is 26.5 Å². The number of benzene rings is 5. The first-order valence-electron chi connectivity index (χ1n) is 18.9. The first-order chi connectivity index (χ1) is 27.1. The molecule has 3 atom stereocenters. The van der Waals surface area contributed by atoms with E-state index in [4.69, 9.17) is 29.1 Å². The van der Waals surface area contributed by atoms with Crippen molar-refractivity contribution in [3.05, 3.63) is 179 Å². The molecule has 0 radical (unpaired) electrons. The molecule has 1 aromatic heterocycles. The highest BCUT2D eigenvalue weighted by Gasteiger charge is 2.54. The number of nitrogens with zero attached hydrogens (tertiary/aromatic N) is 2. The zero-order valence-corrected chi connectivity index (χ0v) is 33.5. The number of methoxy groups -OCH3 is 2. The number of hydrogen-bond acceptors (Lipinski definition) is 8. The van der Waals surface area contributed by atoms with Crippen LogP contribution in [0, 0.1) is 0 Å². The molecule has 2 heterocycles. The van der Waals surface area contributed by atoms with E-state index in [9.17, 15) is 4.79 Å². The average molecular weight is 768 g/mol. The summed E-state index contributed by atoms with van der Waals surface area (Å²) in [5.41, 5.74) is 7.05. The van der Waals surface area contributed by atoms with Gasteiger partial charge >= 0.3 is 5.69 Å². The van der Waals surface area contributed by atoms with Crippen LogP contribution in [0.2, 0.25) is 5.04 Å². The topological polar surface area (TPSA) is 107 Å². The fraction of sp³-hybridized carbons (Fsp3) is 0.261. The van der Waals surface area contributed by atoms with Crippen molar-refractivity contribution >= 4 is 24.5 Å². The second-order valence-corrected chi connectivity index (χ2v) is 19.3. The smallest absolute Gasteiger partial charge is 0.351 e. The maximum absolute atomic E-state index is 13.3. The Bertz CT molecular complexity index is 2160. The molecule has 1 aliphatic heterocycles. The van der Waals surface area contributed by atoms with E-state index in [-0.39, 0.29) is 17.5 Å². The van der Waals surface area contributed by atoms with Crippen LogP contribution in [0.5, 0.6) is 11.5 Å². The molecule has 1 saturated heterocycles. The van der Waals surface area contributed by atoms with Gasteiger partial charge in [-0.1, -0.05) is 136 Å². The summed E-state index contributed by atoms with van der Waals surface area (Å²) in [6.45, 7) is 6.87. The minimum atomic E-state index is -3.08. The molecule has 5 aromatic carbocycles. The summed E-state index contributed by atoms with van der Waals surface area (Å²) in [6.07, 6.45) is 0.247. The molecule has 0 bridgehead atoms. The lowest BCUT2D eigenvalue weighted by molar-refractivity contribution is -0.0925. The van der Waals surface area contributed by atoms with E-state index >= 15 is 0 Å². The largest absolute Gasteiger partial charge is 0.497 e. The van der Waals surface area contributed by atoms with Gasteiger partial charge in [-0.05, 0) is 62.4 Å². The molecule has 288 valence electrons. The van der Waals surface area contributed by atoms with Gasteiger partial charge in [-0.2, -0.15) is 4.98 Å². The summed E-state index contributed by atoms with van der Waals surface area (Å²) in [5, 5.41) is 1.98. The van der Waals surface area contributed by atoms with Crippen molar-refractivity contribution in [2.24, 2.45) is 0 Å². The van der Waals surface area contributed by atoms with Crippen molar-refractivity contribution in [3.8, 4) is 11.5 Å². The average Bonchev–Trinajstić information content (AvgIpc) is 3.63. The van der Waals surface area contributed by atoms with Crippen molar-refractivity contribution in [1.82, 2.24) is 9.55 Å². The fourth-order valence-corrected chi connectivity index (χ4v) is 12.7. The van der Waals surface area contributed by atoms with Crippen LogP contribution in [0.25, 0.3) is 0 Å². The van der Waals surface area contributed by atoms with Gasteiger partial charge in [0.1, 0.15) is 35.2 Å². The van der Waals surface area contributed by atoms with Gasteiger partial charge in [0.2, 0.25) is 0 Å². The third-order valence-electron chi connectivity index (χ3n) is 10.7. The SMILES string of the molecule is COc1ccc(C(OC[C@H]2O[C@@H](n3ccc(N)nc3=O)C[C@@H]2O[Si](c2ccccc2)(c2ccccc2)C(C)(C)C)(c2ccccc2)c2ccc(OC)cc2)cc1. The number of ether oxygens (including phenoxy) is 4. The zero-order valence-electron chi connectivity index (χ0n) is 32.5. The molecule has 2 N–H and O–H groups in total. The normalized spacial score (nSPS) is 17.4. The molecular formula is C46H49N3O6Si. The molecule has 1 aliphatic rings. The predicted octanol–water partition coefficient (Wildman–Crippen LogP) is 7.08. The molecule has 1 fully saturated rings. The molecule has 6 aromatic rings. The Morgan fingerprint density at radius 1 is 0.714 bits per heavy atom. The highest BCUT2D eigenvalue weighted by atomic mass is 28.4. The van der Waals surface area contributed by atoms with Gasteiger partial charge in [-0.3, -0.25) is 4.57 Å². The van der Waals surface area contributed by atoms with Crippen LogP contribution in [0.1, 0.15) is 50.1 Å². The first-order valence-corrected chi connectivity index (χ1v) is 20.8. The second kappa shape index (κ2) is 16.3. The first kappa shape index (κ1) is 38.7. The summed E-state index contributed by atoms with van der Waals surface area (Å²) in [7, 11) is 0.224. The van der Waals surface area contributed by atoms with Crippen molar-refractivity contribution < 1.29 is 23.4 Å². The lowest BCUT2D eigenvalue weighted by Gasteiger charge is -2.45. The van der Waals surface area contributed by atoms with Gasteiger partial charge < -0.3 is 29.1 Å². The number of anilines is 1. The third kappa shape index (κ3) is 7.40. The molecule has 7 rings (SSSR count). The van der Waals surface area contributed by atoms with Gasteiger partial charge in [-0.25, -0.2) is 4.79 Å². The van der Waals surface area contributed by atoms with Crippen LogP contribution in [-0.2, 0) is 19.5 Å². The molecule has 0 saturated carbocycles. The van der Waals surface area contributed by atoms with Crippen molar-refractivity contribution in [2.45, 2.75) is 56.3 Å². The van der Waals surface area contributed by atoms with Crippen LogP contribution in [0.4, 0.5) is 5.82 Å². The minimum Gasteiger partial charge on any atom is -0.497 e. The number of nitrogen functional groups attached to an aromatic ring is 1. The molecular weight excluding hydrogens is 719 g/mol. The van der Waals surface area contributed by atoms with Crippen LogP contribution in [0.3, 0.4) is 0 Å². The van der Waals surface area contributed by atoms with E-state index in [1.165, 1.54) is 4.57 Å². The molecule has 0 unspecified atom stereocenters. The molecule has 56 heavy (non-hydrogen) atoms. The maximum atomic E-state index is 13.3. The monoisotopic (exact) mass is 767 g/mol. The summed E-state index contributed by atoms with van der Waals surface area (Å²) in [4.78, 5) is 17.3. The highest BCUT2D eigenvalue weighted by Crippen LogP contribution is 2.45. The summed E-state index contributed by atoms with van der Waals surface area (Å²) in [5.74, 6) is 1.61. The highest BCUT2D eigenvalue weighted by molar-refractivity contribution is 6.99. The third-order valence-corrected chi connectivity index (χ3v) is 15.8. The summed E-state index contributed by atoms with van der Waals surface area (Å²) < 4.78 is 34.7. The van der Waals surface area contributed by atoms with Gasteiger partial charge in [0.15, 0.2) is 0 Å². The van der Waals surface area contributed by atoms with E-state index in [1.807, 2.05) is 78.9 Å². The number of nitrogens with two attached hydrogens (primary N) is 1. The second-order valence-electron chi connectivity index (χ2n) is 15.0. The quantitative estimate of drug-likeness (QED) is 0.0982. The Morgan fingerprint density at radius 2 is 1.20 bits per heavy atom. The van der Waals surface area contributed by atoms with Gasteiger partial charge in [0, 0.05) is 12.6 Å². The van der Waals surface area contributed by atoms with Crippen LogP contribution in [0.15, 0.2) is 157 Å². The Kier molecular flexibility index (Phi) is 11.3. The van der Waals surface area contributed by atoms with Crippen molar-refractivity contribution in [3.63, 3.8) is 0 Å². The molecule has 0 spiro atoms. The van der Waals surface area contributed by atoms with E-state index in [0.717, 1.165) is 38.6 Å². The predicted molar refractivity (Wildman–Crippen MR) is 222 cm³/mol. The standard InChI is InChI=1S/C46H49N3O6Si/c1-45(2,3)56(38-17-11-7-12-18-38,39-19-13-8-14-20-39)55-40-31-43(49-30-29-42(47)48-44(49)50)54-41(40)32-53-46(33-15-9-6-10-16-33,34-21-25-36(51-4)26-22-34)35-23-27-37(52-5)28-24-35/h6-30,40-41,43H,31-32H2,1-5H3,(H2,47,48,50)/t40-,41+,43+/m0/s1. The number of aromatic nitrogens is 2. The molecule has 9 nitrogen and oxygen atoms in total. The lowest BCUT2D eigenvalue weighted by atomic mass is 9.80. The van der Waals surface area contributed by atoms with E-state index in [0.29, 0.717) is 6.42 Å². The van der Waals surface area contributed by atoms with Crippen molar-refractivity contribution in [2.75, 3.05) is 26.6 Å². The zero-order chi connectivity index (χ0) is 39.3. The van der Waals surface area contributed by atoms with E-state index < -0.39 is 38.0 Å². The lowest BCUT2D eigenvalue weighted by Crippen LogP contribution is -2.68. The summed E-state index contributed by atoms with van der Waals surface area (Å²) >= 11 is 0. The Hall–Kier alpha value is -5.52.